The zero-order chi connectivity index (χ0) is 19.4. The van der Waals surface area contributed by atoms with Gasteiger partial charge < -0.3 is 9.84 Å². The highest BCUT2D eigenvalue weighted by atomic mass is 16.5. The largest absolute Gasteiger partial charge is 0.480 e. The van der Waals surface area contributed by atoms with Crippen molar-refractivity contribution in [1.82, 2.24) is 4.90 Å². The van der Waals surface area contributed by atoms with E-state index < -0.39 is 11.4 Å². The third-order valence-electron chi connectivity index (χ3n) is 6.60. The first-order valence-corrected chi connectivity index (χ1v) is 10.4. The second-order valence-electron chi connectivity index (χ2n) is 7.95. The van der Waals surface area contributed by atoms with Crippen molar-refractivity contribution in [3.63, 3.8) is 0 Å². The van der Waals surface area contributed by atoms with Gasteiger partial charge in [0.15, 0.2) is 0 Å². The number of benzene rings is 2. The van der Waals surface area contributed by atoms with Crippen molar-refractivity contribution in [3.8, 4) is 0 Å². The van der Waals surface area contributed by atoms with E-state index in [4.69, 9.17) is 4.74 Å². The molecule has 4 nitrogen and oxygen atoms in total. The summed E-state index contributed by atoms with van der Waals surface area (Å²) < 4.78 is 5.57. The van der Waals surface area contributed by atoms with Crippen molar-refractivity contribution in [1.29, 1.82) is 0 Å². The topological polar surface area (TPSA) is 49.8 Å². The van der Waals surface area contributed by atoms with Gasteiger partial charge in [-0.3, -0.25) is 9.69 Å². The molecule has 0 amide bonds. The van der Waals surface area contributed by atoms with Gasteiger partial charge in [-0.2, -0.15) is 0 Å². The van der Waals surface area contributed by atoms with Crippen LogP contribution in [0.25, 0.3) is 0 Å². The summed E-state index contributed by atoms with van der Waals surface area (Å²) >= 11 is 0. The van der Waals surface area contributed by atoms with Crippen LogP contribution < -0.4 is 0 Å². The van der Waals surface area contributed by atoms with Crippen LogP contribution in [0.1, 0.15) is 36.8 Å². The summed E-state index contributed by atoms with van der Waals surface area (Å²) in [5, 5.41) is 10.8. The van der Waals surface area contributed by atoms with Gasteiger partial charge in [-0.05, 0) is 29.9 Å². The predicted molar refractivity (Wildman–Crippen MR) is 109 cm³/mol. The molecular formula is C24H29NO3. The summed E-state index contributed by atoms with van der Waals surface area (Å²) in [5.41, 5.74) is 0.740. The zero-order valence-corrected chi connectivity index (χ0v) is 16.3. The number of carbonyl (C=O) groups is 1. The molecule has 0 bridgehead atoms. The highest BCUT2D eigenvalue weighted by Crippen LogP contribution is 2.47. The van der Waals surface area contributed by atoms with Gasteiger partial charge >= 0.3 is 5.97 Å². The normalized spacial score (nSPS) is 24.0. The second kappa shape index (κ2) is 8.46. The first-order valence-electron chi connectivity index (χ1n) is 10.4. The van der Waals surface area contributed by atoms with Gasteiger partial charge in [0.2, 0.25) is 0 Å². The SMILES string of the molecule is O=C(O)C(c1ccccc1)(c1ccccc1)[C@@H]1CCCC[C@H]1N1CCOCC1. The molecule has 2 aromatic rings. The fourth-order valence-corrected chi connectivity index (χ4v) is 5.37. The molecule has 4 rings (SSSR count). The Hall–Kier alpha value is -2.17. The van der Waals surface area contributed by atoms with Crippen LogP contribution in [0.15, 0.2) is 60.7 Å². The Morgan fingerprint density at radius 3 is 1.96 bits per heavy atom. The second-order valence-corrected chi connectivity index (χ2v) is 7.95. The third-order valence-corrected chi connectivity index (χ3v) is 6.60. The van der Waals surface area contributed by atoms with Gasteiger partial charge in [-0.25, -0.2) is 0 Å². The Morgan fingerprint density at radius 2 is 1.43 bits per heavy atom. The fraction of sp³-hybridized carbons (Fsp3) is 0.458. The Bertz CT molecular complexity index is 731. The van der Waals surface area contributed by atoms with Crippen LogP contribution in [-0.2, 0) is 14.9 Å². The van der Waals surface area contributed by atoms with E-state index in [0.29, 0.717) is 0 Å². The van der Waals surface area contributed by atoms with Crippen LogP contribution in [0.5, 0.6) is 0 Å². The van der Waals surface area contributed by atoms with Crippen molar-refractivity contribution in [3.05, 3.63) is 71.8 Å². The molecule has 1 aliphatic heterocycles. The molecule has 4 heteroatoms. The minimum Gasteiger partial charge on any atom is -0.480 e. The first-order chi connectivity index (χ1) is 13.7. The van der Waals surface area contributed by atoms with Crippen LogP contribution in [0, 0.1) is 5.92 Å². The molecule has 0 aromatic heterocycles. The number of rotatable bonds is 5. The molecule has 2 aliphatic rings. The fourth-order valence-electron chi connectivity index (χ4n) is 5.37. The van der Waals surface area contributed by atoms with E-state index in [9.17, 15) is 9.90 Å². The van der Waals surface area contributed by atoms with Crippen LogP contribution in [0.4, 0.5) is 0 Å². The van der Waals surface area contributed by atoms with Gasteiger partial charge in [0.05, 0.1) is 13.2 Å². The summed E-state index contributed by atoms with van der Waals surface area (Å²) in [6.07, 6.45) is 4.23. The molecule has 1 aliphatic carbocycles. The predicted octanol–water partition coefficient (Wildman–Crippen LogP) is 3.95. The quantitative estimate of drug-likeness (QED) is 0.855. The number of carboxylic acids is 1. The van der Waals surface area contributed by atoms with Crippen LogP contribution >= 0.6 is 0 Å². The lowest BCUT2D eigenvalue weighted by molar-refractivity contribution is -0.146. The van der Waals surface area contributed by atoms with Crippen LogP contribution in [-0.4, -0.2) is 48.3 Å². The van der Waals surface area contributed by atoms with Crippen molar-refractivity contribution < 1.29 is 14.6 Å². The Morgan fingerprint density at radius 1 is 0.893 bits per heavy atom. The van der Waals surface area contributed by atoms with Gasteiger partial charge in [-0.1, -0.05) is 73.5 Å². The molecular weight excluding hydrogens is 350 g/mol. The minimum atomic E-state index is -1.04. The first kappa shape index (κ1) is 19.2. The zero-order valence-electron chi connectivity index (χ0n) is 16.3. The number of ether oxygens (including phenoxy) is 1. The van der Waals surface area contributed by atoms with E-state index in [1.807, 2.05) is 60.7 Å². The lowest BCUT2D eigenvalue weighted by Gasteiger charge is -2.49. The van der Waals surface area contributed by atoms with Gasteiger partial charge in [-0.15, -0.1) is 0 Å². The lowest BCUT2D eigenvalue weighted by atomic mass is 9.59. The van der Waals surface area contributed by atoms with E-state index in [1.54, 1.807) is 0 Å². The van der Waals surface area contributed by atoms with E-state index in [0.717, 1.165) is 63.1 Å². The molecule has 1 saturated heterocycles. The van der Waals surface area contributed by atoms with Crippen molar-refractivity contribution >= 4 is 5.97 Å². The lowest BCUT2D eigenvalue weighted by Crippen LogP contribution is -2.57. The smallest absolute Gasteiger partial charge is 0.318 e. The Kier molecular flexibility index (Phi) is 5.79. The highest BCUT2D eigenvalue weighted by molar-refractivity contribution is 5.86. The standard InChI is InChI=1S/C24H29NO3/c26-23(27)24(19-9-3-1-4-10-19,20-11-5-2-6-12-20)21-13-7-8-14-22(21)25-15-17-28-18-16-25/h1-6,9-12,21-22H,7-8,13-18H2,(H,26,27)/t21-,22-/m1/s1. The number of aliphatic carboxylic acids is 1. The Balaban J connectivity index is 1.87. The number of hydrogen-bond acceptors (Lipinski definition) is 3. The van der Waals surface area contributed by atoms with Crippen LogP contribution in [0.2, 0.25) is 0 Å². The summed E-state index contributed by atoms with van der Waals surface area (Å²) in [4.78, 5) is 15.6. The molecule has 0 radical (unpaired) electrons. The van der Waals surface area contributed by atoms with Crippen molar-refractivity contribution in [2.75, 3.05) is 26.3 Å². The Labute approximate surface area is 167 Å². The summed E-state index contributed by atoms with van der Waals surface area (Å²) in [6, 6.07) is 20.0. The highest BCUT2D eigenvalue weighted by Gasteiger charge is 2.53. The molecule has 0 spiro atoms. The molecule has 148 valence electrons. The monoisotopic (exact) mass is 379 g/mol. The third kappa shape index (κ3) is 3.36. The average molecular weight is 380 g/mol. The van der Waals surface area contributed by atoms with Crippen molar-refractivity contribution in [2.45, 2.75) is 37.1 Å². The van der Waals surface area contributed by atoms with Crippen molar-refractivity contribution in [2.24, 2.45) is 5.92 Å². The maximum atomic E-state index is 13.1. The van der Waals surface area contributed by atoms with E-state index in [1.165, 1.54) is 0 Å². The maximum Gasteiger partial charge on any atom is 0.318 e. The summed E-state index contributed by atoms with van der Waals surface area (Å²) in [7, 11) is 0. The van der Waals surface area contributed by atoms with E-state index in [2.05, 4.69) is 4.90 Å². The minimum absolute atomic E-state index is 0.0293. The molecule has 2 fully saturated rings. The number of nitrogens with zero attached hydrogens (tertiary/aromatic N) is 1. The number of morpholine rings is 1. The van der Waals surface area contributed by atoms with Gasteiger partial charge in [0.1, 0.15) is 5.41 Å². The van der Waals surface area contributed by atoms with Gasteiger partial charge in [0, 0.05) is 19.1 Å². The number of carboxylic acid groups (broad SMARTS) is 1. The van der Waals surface area contributed by atoms with Gasteiger partial charge in [0.25, 0.3) is 0 Å². The van der Waals surface area contributed by atoms with E-state index >= 15 is 0 Å². The molecule has 2 atom stereocenters. The molecule has 1 heterocycles. The summed E-state index contributed by atoms with van der Waals surface area (Å²) in [5.74, 6) is -0.711. The summed E-state index contributed by atoms with van der Waals surface area (Å²) in [6.45, 7) is 3.25. The average Bonchev–Trinajstić information content (AvgIpc) is 2.77. The maximum absolute atomic E-state index is 13.1. The van der Waals surface area contributed by atoms with E-state index in [-0.39, 0.29) is 12.0 Å². The molecule has 1 N–H and O–H groups in total. The molecule has 2 aromatic carbocycles. The molecule has 28 heavy (non-hydrogen) atoms. The number of hydrogen-bond donors (Lipinski definition) is 1. The molecule has 0 unspecified atom stereocenters. The molecule has 1 saturated carbocycles. The van der Waals surface area contributed by atoms with Crippen LogP contribution in [0.3, 0.4) is 0 Å².